The smallest absolute Gasteiger partial charge is 0.233 e. The molecule has 1 fully saturated rings. The molecule has 4 heteroatoms. The van der Waals surface area contributed by atoms with E-state index in [2.05, 4.69) is 53.6 Å². The lowest BCUT2D eigenvalue weighted by molar-refractivity contribution is 0.264. The molecule has 0 unspecified atom stereocenters. The largest absolute Gasteiger partial charge is 0.424 e. The predicted octanol–water partition coefficient (Wildman–Crippen LogP) is 4.24. The zero-order valence-corrected chi connectivity index (χ0v) is 14.4. The van der Waals surface area contributed by atoms with Crippen molar-refractivity contribution in [1.29, 1.82) is 0 Å². The fraction of sp³-hybridized carbons (Fsp3) is 0.579. The van der Waals surface area contributed by atoms with Gasteiger partial charge in [-0.2, -0.15) is 0 Å². The van der Waals surface area contributed by atoms with Gasteiger partial charge < -0.3 is 9.73 Å². The Morgan fingerprint density at radius 2 is 1.96 bits per heavy atom. The first-order valence-corrected chi connectivity index (χ1v) is 8.70. The maximum Gasteiger partial charge on any atom is 0.233 e. The molecule has 0 spiro atoms. The van der Waals surface area contributed by atoms with E-state index in [0.29, 0.717) is 11.8 Å². The van der Waals surface area contributed by atoms with Gasteiger partial charge in [0.05, 0.1) is 6.04 Å². The molecule has 0 aliphatic heterocycles. The predicted molar refractivity (Wildman–Crippen MR) is 91.4 cm³/mol. The van der Waals surface area contributed by atoms with Crippen LogP contribution in [-0.2, 0) is 5.41 Å². The summed E-state index contributed by atoms with van der Waals surface area (Å²) < 4.78 is 5.56. The van der Waals surface area contributed by atoms with Crippen molar-refractivity contribution in [2.45, 2.75) is 64.3 Å². The van der Waals surface area contributed by atoms with Crippen LogP contribution in [-0.4, -0.2) is 16.7 Å². The van der Waals surface area contributed by atoms with Crippen LogP contribution in [0.4, 0.5) is 0 Å². The van der Waals surface area contributed by atoms with Gasteiger partial charge in [-0.15, -0.1) is 10.2 Å². The molecule has 1 saturated carbocycles. The Morgan fingerprint density at radius 3 is 2.61 bits per heavy atom. The number of nitrogens with one attached hydrogen (secondary N) is 1. The Balaban J connectivity index is 1.77. The van der Waals surface area contributed by atoms with E-state index in [9.17, 15) is 0 Å². The summed E-state index contributed by atoms with van der Waals surface area (Å²) in [4.78, 5) is 0. The molecular formula is C19H27N3O. The van der Waals surface area contributed by atoms with E-state index < -0.39 is 0 Å². The number of hydrogen-bond donors (Lipinski definition) is 1. The molecule has 4 nitrogen and oxygen atoms in total. The monoisotopic (exact) mass is 313 g/mol. The SMILES string of the molecule is Cc1cccc(C2(CN[C@@H](C)c3nnc(C)o3)CCCCC2)c1. The van der Waals surface area contributed by atoms with Crippen LogP contribution in [0.2, 0.25) is 0 Å². The van der Waals surface area contributed by atoms with E-state index in [1.807, 2.05) is 6.92 Å². The van der Waals surface area contributed by atoms with E-state index in [1.165, 1.54) is 43.2 Å². The minimum Gasteiger partial charge on any atom is -0.424 e. The third-order valence-corrected chi connectivity index (χ3v) is 5.10. The molecule has 1 aromatic heterocycles. The van der Waals surface area contributed by atoms with Crippen LogP contribution in [0.5, 0.6) is 0 Å². The number of nitrogens with zero attached hydrogens (tertiary/aromatic N) is 2. The van der Waals surface area contributed by atoms with Gasteiger partial charge in [0.25, 0.3) is 0 Å². The summed E-state index contributed by atoms with van der Waals surface area (Å²) in [5, 5.41) is 11.7. The van der Waals surface area contributed by atoms with Gasteiger partial charge in [-0.05, 0) is 32.3 Å². The first kappa shape index (κ1) is 16.2. The van der Waals surface area contributed by atoms with Crippen LogP contribution in [0.25, 0.3) is 0 Å². The summed E-state index contributed by atoms with van der Waals surface area (Å²) in [6.07, 6.45) is 6.47. The van der Waals surface area contributed by atoms with Gasteiger partial charge in [-0.1, -0.05) is 49.1 Å². The van der Waals surface area contributed by atoms with E-state index in [4.69, 9.17) is 4.42 Å². The first-order chi connectivity index (χ1) is 11.1. The Bertz CT molecular complexity index is 644. The number of aromatic nitrogens is 2. The van der Waals surface area contributed by atoms with Gasteiger partial charge >= 0.3 is 0 Å². The summed E-state index contributed by atoms with van der Waals surface area (Å²) in [7, 11) is 0. The van der Waals surface area contributed by atoms with Gasteiger partial charge in [0, 0.05) is 18.9 Å². The zero-order valence-electron chi connectivity index (χ0n) is 14.4. The molecule has 1 N–H and O–H groups in total. The molecule has 1 aromatic carbocycles. The third kappa shape index (κ3) is 3.63. The van der Waals surface area contributed by atoms with E-state index in [0.717, 1.165) is 6.54 Å². The van der Waals surface area contributed by atoms with Crippen molar-refractivity contribution in [3.63, 3.8) is 0 Å². The van der Waals surface area contributed by atoms with E-state index in [1.54, 1.807) is 0 Å². The minimum absolute atomic E-state index is 0.0832. The molecule has 1 heterocycles. The number of rotatable bonds is 5. The second-order valence-electron chi connectivity index (χ2n) is 6.97. The molecule has 1 aliphatic carbocycles. The normalized spacial score (nSPS) is 18.7. The number of benzene rings is 1. The second-order valence-corrected chi connectivity index (χ2v) is 6.97. The highest BCUT2D eigenvalue weighted by Gasteiger charge is 2.34. The first-order valence-electron chi connectivity index (χ1n) is 8.70. The van der Waals surface area contributed by atoms with Crippen molar-refractivity contribution in [1.82, 2.24) is 15.5 Å². The Morgan fingerprint density at radius 1 is 1.17 bits per heavy atom. The lowest BCUT2D eigenvalue weighted by Gasteiger charge is -2.39. The Labute approximate surface area is 138 Å². The quantitative estimate of drug-likeness (QED) is 0.897. The maximum absolute atomic E-state index is 5.56. The molecule has 1 atom stereocenters. The lowest BCUT2D eigenvalue weighted by Crippen LogP contribution is -2.41. The van der Waals surface area contributed by atoms with Crippen LogP contribution >= 0.6 is 0 Å². The van der Waals surface area contributed by atoms with Crippen molar-refractivity contribution in [3.8, 4) is 0 Å². The molecule has 0 saturated heterocycles. The summed E-state index contributed by atoms with van der Waals surface area (Å²) >= 11 is 0. The second kappa shape index (κ2) is 6.83. The highest BCUT2D eigenvalue weighted by atomic mass is 16.4. The summed E-state index contributed by atoms with van der Waals surface area (Å²) in [5.74, 6) is 1.30. The molecule has 0 amide bonds. The number of hydrogen-bond acceptors (Lipinski definition) is 4. The van der Waals surface area contributed by atoms with E-state index in [-0.39, 0.29) is 11.5 Å². The Hall–Kier alpha value is -1.68. The van der Waals surface area contributed by atoms with Crippen molar-refractivity contribution in [2.24, 2.45) is 0 Å². The fourth-order valence-electron chi connectivity index (χ4n) is 3.69. The van der Waals surface area contributed by atoms with Gasteiger partial charge in [0.2, 0.25) is 11.8 Å². The average molecular weight is 313 g/mol. The zero-order chi connectivity index (χ0) is 16.3. The van der Waals surface area contributed by atoms with Crippen molar-refractivity contribution >= 4 is 0 Å². The minimum atomic E-state index is 0.0832. The van der Waals surface area contributed by atoms with Crippen molar-refractivity contribution in [3.05, 3.63) is 47.2 Å². The maximum atomic E-state index is 5.56. The van der Waals surface area contributed by atoms with Gasteiger partial charge in [0.15, 0.2) is 0 Å². The molecule has 1 aliphatic rings. The molecule has 23 heavy (non-hydrogen) atoms. The van der Waals surface area contributed by atoms with Crippen LogP contribution < -0.4 is 5.32 Å². The van der Waals surface area contributed by atoms with Crippen molar-refractivity contribution in [2.75, 3.05) is 6.54 Å². The average Bonchev–Trinajstić information content (AvgIpc) is 3.00. The van der Waals surface area contributed by atoms with Crippen LogP contribution in [0.15, 0.2) is 28.7 Å². The van der Waals surface area contributed by atoms with Gasteiger partial charge in [-0.3, -0.25) is 0 Å². The van der Waals surface area contributed by atoms with Gasteiger partial charge in [-0.25, -0.2) is 0 Å². The fourth-order valence-corrected chi connectivity index (χ4v) is 3.69. The number of aryl methyl sites for hydroxylation is 2. The molecule has 3 rings (SSSR count). The molecule has 2 aromatic rings. The molecule has 124 valence electrons. The third-order valence-electron chi connectivity index (χ3n) is 5.10. The van der Waals surface area contributed by atoms with Crippen LogP contribution in [0.1, 0.15) is 68.0 Å². The molecular weight excluding hydrogens is 286 g/mol. The van der Waals surface area contributed by atoms with Crippen LogP contribution in [0.3, 0.4) is 0 Å². The van der Waals surface area contributed by atoms with Crippen molar-refractivity contribution < 1.29 is 4.42 Å². The van der Waals surface area contributed by atoms with E-state index >= 15 is 0 Å². The lowest BCUT2D eigenvalue weighted by atomic mass is 9.69. The van der Waals surface area contributed by atoms with Gasteiger partial charge in [0.1, 0.15) is 0 Å². The molecule has 0 bridgehead atoms. The summed E-state index contributed by atoms with van der Waals surface area (Å²) in [6, 6.07) is 9.10. The molecule has 0 radical (unpaired) electrons. The standard InChI is InChI=1S/C19H27N3O/c1-14-8-7-9-17(12-14)19(10-5-4-6-11-19)13-20-15(2)18-22-21-16(3)23-18/h7-9,12,15,20H,4-6,10-11,13H2,1-3H3/t15-/m0/s1. The highest BCUT2D eigenvalue weighted by molar-refractivity contribution is 5.30. The topological polar surface area (TPSA) is 51.0 Å². The Kier molecular flexibility index (Phi) is 4.81. The van der Waals surface area contributed by atoms with Crippen LogP contribution in [0, 0.1) is 13.8 Å². The summed E-state index contributed by atoms with van der Waals surface area (Å²) in [6.45, 7) is 7.06. The summed E-state index contributed by atoms with van der Waals surface area (Å²) in [5.41, 5.74) is 3.04. The highest BCUT2D eigenvalue weighted by Crippen LogP contribution is 2.39.